The minimum absolute atomic E-state index is 0.0646. The third-order valence-electron chi connectivity index (χ3n) is 4.78. The Morgan fingerprint density at radius 2 is 2.00 bits per heavy atom. The van der Waals surface area contributed by atoms with Gasteiger partial charge in [-0.1, -0.05) is 24.3 Å². The first kappa shape index (κ1) is 15.4. The minimum Gasteiger partial charge on any atom is -0.336 e. The molecule has 0 bridgehead atoms. The Morgan fingerprint density at radius 1 is 1.25 bits per heavy atom. The lowest BCUT2D eigenvalue weighted by molar-refractivity contribution is -0.132. The molecule has 2 aromatic rings. The maximum absolute atomic E-state index is 12.9. The van der Waals surface area contributed by atoms with E-state index in [2.05, 4.69) is 5.32 Å². The van der Waals surface area contributed by atoms with E-state index < -0.39 is 10.0 Å². The fraction of sp³-hybridized carbons (Fsp3) is 0.353. The van der Waals surface area contributed by atoms with Crippen LogP contribution in [0.15, 0.2) is 41.3 Å². The Balaban J connectivity index is 1.72. The summed E-state index contributed by atoms with van der Waals surface area (Å²) in [6, 6.07) is 10.8. The quantitative estimate of drug-likeness (QED) is 0.887. The first-order chi connectivity index (χ1) is 11.5. The van der Waals surface area contributed by atoms with Gasteiger partial charge in [-0.3, -0.25) is 9.10 Å². The van der Waals surface area contributed by atoms with Crippen molar-refractivity contribution in [2.75, 3.05) is 30.5 Å². The summed E-state index contributed by atoms with van der Waals surface area (Å²) in [6.45, 7) is 3.89. The van der Waals surface area contributed by atoms with Crippen LogP contribution < -0.4 is 9.62 Å². The van der Waals surface area contributed by atoms with Crippen molar-refractivity contribution in [2.24, 2.45) is 0 Å². The smallest absolute Gasteiger partial charge is 0.265 e. The van der Waals surface area contributed by atoms with E-state index in [0.717, 1.165) is 18.5 Å². The van der Waals surface area contributed by atoms with Gasteiger partial charge in [0.2, 0.25) is 5.91 Å². The molecule has 0 radical (unpaired) electrons. The number of rotatable bonds is 2. The number of carbonyl (C=O) groups excluding carboxylic acids is 1. The van der Waals surface area contributed by atoms with Gasteiger partial charge in [0.15, 0.2) is 0 Å². The number of hydrogen-bond donors (Lipinski definition) is 1. The van der Waals surface area contributed by atoms with Gasteiger partial charge in [0.05, 0.1) is 10.6 Å². The molecule has 1 atom stereocenters. The molecule has 2 aliphatic rings. The topological polar surface area (TPSA) is 69.7 Å². The van der Waals surface area contributed by atoms with Crippen LogP contribution in [0.3, 0.4) is 0 Å². The molecule has 1 saturated heterocycles. The van der Waals surface area contributed by atoms with Crippen molar-refractivity contribution < 1.29 is 13.2 Å². The molecule has 0 saturated carbocycles. The predicted octanol–water partition coefficient (Wildman–Crippen LogP) is 1.17. The maximum atomic E-state index is 12.9. The summed E-state index contributed by atoms with van der Waals surface area (Å²) in [6.07, 6.45) is 0. The molecular formula is C17H19N3O3S. The molecule has 1 N–H and O–H groups in total. The van der Waals surface area contributed by atoms with Crippen molar-refractivity contribution >= 4 is 32.4 Å². The van der Waals surface area contributed by atoms with E-state index in [1.54, 1.807) is 23.1 Å². The summed E-state index contributed by atoms with van der Waals surface area (Å²) in [4.78, 5) is 14.8. The van der Waals surface area contributed by atoms with E-state index in [1.807, 2.05) is 25.1 Å². The van der Waals surface area contributed by atoms with Crippen LogP contribution in [0.1, 0.15) is 6.92 Å². The number of hydrogen-bond acceptors (Lipinski definition) is 4. The SMILES string of the molecule is CC1CNCCN1C(=O)CN1c2cccc3cccc(c23)S1(=O)=O. The van der Waals surface area contributed by atoms with Crippen LogP contribution in [0, 0.1) is 0 Å². The Bertz CT molecular complexity index is 921. The average Bonchev–Trinajstić information content (AvgIpc) is 2.79. The van der Waals surface area contributed by atoms with Crippen molar-refractivity contribution in [1.82, 2.24) is 10.2 Å². The van der Waals surface area contributed by atoms with Crippen molar-refractivity contribution in [2.45, 2.75) is 17.9 Å². The molecular weight excluding hydrogens is 326 g/mol. The summed E-state index contributed by atoms with van der Waals surface area (Å²) >= 11 is 0. The van der Waals surface area contributed by atoms with Crippen molar-refractivity contribution in [3.63, 3.8) is 0 Å². The molecule has 0 aliphatic carbocycles. The fourth-order valence-electron chi connectivity index (χ4n) is 3.55. The lowest BCUT2D eigenvalue weighted by Crippen LogP contribution is -2.54. The number of piperazine rings is 1. The number of sulfonamides is 1. The molecule has 24 heavy (non-hydrogen) atoms. The zero-order valence-corrected chi connectivity index (χ0v) is 14.2. The third-order valence-corrected chi connectivity index (χ3v) is 6.58. The molecule has 2 aliphatic heterocycles. The second-order valence-electron chi connectivity index (χ2n) is 6.28. The van der Waals surface area contributed by atoms with E-state index in [4.69, 9.17) is 0 Å². The van der Waals surface area contributed by atoms with Crippen LogP contribution >= 0.6 is 0 Å². The fourth-order valence-corrected chi connectivity index (χ4v) is 5.21. The van der Waals surface area contributed by atoms with Crippen LogP contribution in [-0.4, -0.2) is 51.4 Å². The zero-order chi connectivity index (χ0) is 16.9. The van der Waals surface area contributed by atoms with Gasteiger partial charge in [-0.2, -0.15) is 0 Å². The van der Waals surface area contributed by atoms with Gasteiger partial charge in [-0.05, 0) is 24.4 Å². The molecule has 0 spiro atoms. The zero-order valence-electron chi connectivity index (χ0n) is 13.4. The van der Waals surface area contributed by atoms with E-state index >= 15 is 0 Å². The van der Waals surface area contributed by atoms with Gasteiger partial charge in [-0.15, -0.1) is 0 Å². The molecule has 1 unspecified atom stereocenters. The highest BCUT2D eigenvalue weighted by Gasteiger charge is 2.38. The summed E-state index contributed by atoms with van der Waals surface area (Å²) in [5, 5.41) is 4.82. The average molecular weight is 345 g/mol. The Kier molecular flexibility index (Phi) is 3.51. The summed E-state index contributed by atoms with van der Waals surface area (Å²) in [5.41, 5.74) is 0.597. The first-order valence-corrected chi connectivity index (χ1v) is 9.49. The lowest BCUT2D eigenvalue weighted by Gasteiger charge is -2.35. The highest BCUT2D eigenvalue weighted by atomic mass is 32.2. The second kappa shape index (κ2) is 5.46. The minimum atomic E-state index is -3.68. The number of amides is 1. The van der Waals surface area contributed by atoms with E-state index in [-0.39, 0.29) is 23.4 Å². The van der Waals surface area contributed by atoms with Crippen molar-refractivity contribution in [3.05, 3.63) is 36.4 Å². The largest absolute Gasteiger partial charge is 0.336 e. The van der Waals surface area contributed by atoms with Crippen molar-refractivity contribution in [3.8, 4) is 0 Å². The molecule has 126 valence electrons. The number of anilines is 1. The maximum Gasteiger partial charge on any atom is 0.265 e. The van der Waals surface area contributed by atoms with Gasteiger partial charge < -0.3 is 10.2 Å². The van der Waals surface area contributed by atoms with Gasteiger partial charge in [0.1, 0.15) is 6.54 Å². The number of benzene rings is 2. The summed E-state index contributed by atoms with van der Waals surface area (Å²) < 4.78 is 27.1. The van der Waals surface area contributed by atoms with E-state index in [9.17, 15) is 13.2 Å². The number of nitrogens with zero attached hydrogens (tertiary/aromatic N) is 2. The highest BCUT2D eigenvalue weighted by molar-refractivity contribution is 7.93. The molecule has 4 rings (SSSR count). The van der Waals surface area contributed by atoms with Gasteiger partial charge in [0, 0.05) is 31.1 Å². The Labute approximate surface area is 141 Å². The highest BCUT2D eigenvalue weighted by Crippen LogP contribution is 2.41. The molecule has 1 fully saturated rings. The Morgan fingerprint density at radius 3 is 2.75 bits per heavy atom. The normalized spacial score (nSPS) is 22.1. The monoisotopic (exact) mass is 345 g/mol. The van der Waals surface area contributed by atoms with Crippen LogP contribution in [0.4, 0.5) is 5.69 Å². The standard InChI is InChI=1S/C17H19N3O3S/c1-12-10-18-8-9-19(12)16(21)11-20-14-6-2-4-13-5-3-7-15(17(13)14)24(20,22)23/h2-7,12,18H,8-11H2,1H3. The molecule has 6 nitrogen and oxygen atoms in total. The summed E-state index contributed by atoms with van der Waals surface area (Å²) in [7, 11) is -3.68. The molecule has 2 heterocycles. The second-order valence-corrected chi connectivity index (χ2v) is 8.11. The molecule has 2 aromatic carbocycles. The van der Waals surface area contributed by atoms with Gasteiger partial charge >= 0.3 is 0 Å². The van der Waals surface area contributed by atoms with Gasteiger partial charge in [-0.25, -0.2) is 8.42 Å². The van der Waals surface area contributed by atoms with Gasteiger partial charge in [0.25, 0.3) is 10.0 Å². The Hall–Kier alpha value is -2.12. The lowest BCUT2D eigenvalue weighted by atomic mass is 10.1. The van der Waals surface area contributed by atoms with Crippen LogP contribution in [-0.2, 0) is 14.8 Å². The molecule has 7 heteroatoms. The van der Waals surface area contributed by atoms with E-state index in [1.165, 1.54) is 4.31 Å². The van der Waals surface area contributed by atoms with Crippen LogP contribution in [0.2, 0.25) is 0 Å². The number of carbonyl (C=O) groups is 1. The predicted molar refractivity (Wildman–Crippen MR) is 92.5 cm³/mol. The van der Waals surface area contributed by atoms with Crippen LogP contribution in [0.5, 0.6) is 0 Å². The third kappa shape index (κ3) is 2.19. The van der Waals surface area contributed by atoms with Crippen molar-refractivity contribution in [1.29, 1.82) is 0 Å². The molecule has 1 amide bonds. The molecule has 0 aromatic heterocycles. The summed E-state index contributed by atoms with van der Waals surface area (Å²) in [5.74, 6) is -0.155. The van der Waals surface area contributed by atoms with E-state index in [0.29, 0.717) is 17.6 Å². The van der Waals surface area contributed by atoms with Crippen LogP contribution in [0.25, 0.3) is 10.8 Å². The number of nitrogens with one attached hydrogen (secondary N) is 1. The first-order valence-electron chi connectivity index (χ1n) is 8.05.